The van der Waals surface area contributed by atoms with Crippen molar-refractivity contribution in [2.75, 3.05) is 13.1 Å². The Balaban J connectivity index is 2.57. The van der Waals surface area contributed by atoms with E-state index in [2.05, 4.69) is 5.32 Å². The van der Waals surface area contributed by atoms with Crippen molar-refractivity contribution in [2.45, 2.75) is 44.8 Å². The van der Waals surface area contributed by atoms with Crippen LogP contribution in [0.5, 0.6) is 0 Å². The smallest absolute Gasteiger partial charge is 0.391 e. The van der Waals surface area contributed by atoms with Gasteiger partial charge in [0.1, 0.15) is 5.54 Å². The fourth-order valence-corrected chi connectivity index (χ4v) is 2.02. The van der Waals surface area contributed by atoms with Gasteiger partial charge in [-0.15, -0.1) is 0 Å². The summed E-state index contributed by atoms with van der Waals surface area (Å²) in [5.41, 5.74) is -1.40. The average molecular weight is 296 g/mol. The summed E-state index contributed by atoms with van der Waals surface area (Å²) >= 11 is 0. The van der Waals surface area contributed by atoms with Crippen molar-refractivity contribution in [1.29, 1.82) is 0 Å². The summed E-state index contributed by atoms with van der Waals surface area (Å²) in [5, 5.41) is 11.4. The van der Waals surface area contributed by atoms with E-state index in [1.807, 2.05) is 0 Å². The summed E-state index contributed by atoms with van der Waals surface area (Å²) in [4.78, 5) is 24.2. The van der Waals surface area contributed by atoms with Crippen molar-refractivity contribution in [1.82, 2.24) is 10.2 Å². The molecule has 116 valence electrons. The van der Waals surface area contributed by atoms with Crippen molar-refractivity contribution < 1.29 is 27.9 Å². The second-order valence-electron chi connectivity index (χ2n) is 5.22. The van der Waals surface area contributed by atoms with Gasteiger partial charge >= 0.3 is 18.2 Å². The Kier molecular flexibility index (Phi) is 4.88. The van der Waals surface area contributed by atoms with Crippen LogP contribution in [0.3, 0.4) is 0 Å². The Morgan fingerprint density at radius 3 is 2.15 bits per heavy atom. The number of carboxylic acid groups (broad SMARTS) is 1. The molecule has 0 aromatic heterocycles. The van der Waals surface area contributed by atoms with E-state index in [-0.39, 0.29) is 32.4 Å². The molecule has 1 fully saturated rings. The van der Waals surface area contributed by atoms with Gasteiger partial charge in [-0.2, -0.15) is 13.2 Å². The topological polar surface area (TPSA) is 69.6 Å². The maximum absolute atomic E-state index is 12.5. The number of alkyl halides is 3. The first-order chi connectivity index (χ1) is 9.10. The number of urea groups is 1. The van der Waals surface area contributed by atoms with Gasteiger partial charge in [-0.05, 0) is 26.2 Å². The third kappa shape index (κ3) is 3.77. The van der Waals surface area contributed by atoms with Crippen LogP contribution in [-0.2, 0) is 4.79 Å². The highest BCUT2D eigenvalue weighted by Crippen LogP contribution is 2.34. The Labute approximate surface area is 115 Å². The molecule has 1 saturated heterocycles. The van der Waals surface area contributed by atoms with Gasteiger partial charge in [-0.1, -0.05) is 6.92 Å². The zero-order chi connectivity index (χ0) is 15.6. The maximum atomic E-state index is 12.5. The van der Waals surface area contributed by atoms with E-state index < -0.39 is 29.6 Å². The molecule has 1 unspecified atom stereocenters. The molecule has 0 aromatic rings. The first-order valence-electron chi connectivity index (χ1n) is 6.47. The molecule has 8 heteroatoms. The average Bonchev–Trinajstić information content (AvgIpc) is 2.37. The number of nitrogens with zero attached hydrogens (tertiary/aromatic N) is 1. The van der Waals surface area contributed by atoms with Crippen LogP contribution in [0.1, 0.15) is 33.1 Å². The molecular formula is C12H19F3N2O3. The number of carbonyl (C=O) groups excluding carboxylic acids is 1. The van der Waals surface area contributed by atoms with E-state index in [9.17, 15) is 22.8 Å². The molecule has 0 spiro atoms. The summed E-state index contributed by atoms with van der Waals surface area (Å²) in [6.45, 7) is 2.95. The van der Waals surface area contributed by atoms with Crippen LogP contribution in [0.15, 0.2) is 0 Å². The number of piperidine rings is 1. The van der Waals surface area contributed by atoms with E-state index in [0.29, 0.717) is 0 Å². The summed E-state index contributed by atoms with van der Waals surface area (Å²) in [6, 6.07) is -0.627. The minimum atomic E-state index is -4.23. The molecule has 1 aliphatic heterocycles. The largest absolute Gasteiger partial charge is 0.480 e. The molecule has 0 saturated carbocycles. The standard InChI is InChI=1S/C12H19F3N2O3/c1-3-11(2,9(18)19)16-10(20)17-6-4-8(5-7-17)12(13,14)15/h8H,3-7H2,1-2H3,(H,16,20)(H,18,19). The molecule has 1 rings (SSSR count). The van der Waals surface area contributed by atoms with Crippen molar-refractivity contribution in [3.63, 3.8) is 0 Å². The Morgan fingerprint density at radius 1 is 1.30 bits per heavy atom. The fraction of sp³-hybridized carbons (Fsp3) is 0.833. The summed E-state index contributed by atoms with van der Waals surface area (Å²) < 4.78 is 37.5. The second kappa shape index (κ2) is 5.88. The first kappa shape index (κ1) is 16.6. The van der Waals surface area contributed by atoms with Crippen molar-refractivity contribution in [2.24, 2.45) is 5.92 Å². The minimum Gasteiger partial charge on any atom is -0.480 e. The second-order valence-corrected chi connectivity index (χ2v) is 5.22. The Morgan fingerprint density at radius 2 is 1.80 bits per heavy atom. The number of likely N-dealkylation sites (tertiary alicyclic amines) is 1. The van der Waals surface area contributed by atoms with E-state index in [0.717, 1.165) is 0 Å². The van der Waals surface area contributed by atoms with Gasteiger partial charge in [-0.3, -0.25) is 0 Å². The van der Waals surface area contributed by atoms with Crippen molar-refractivity contribution >= 4 is 12.0 Å². The number of hydrogen-bond donors (Lipinski definition) is 2. The van der Waals surface area contributed by atoms with Gasteiger partial charge < -0.3 is 15.3 Å². The van der Waals surface area contributed by atoms with Crippen LogP contribution < -0.4 is 5.32 Å². The molecule has 0 aromatic carbocycles. The number of halogens is 3. The lowest BCUT2D eigenvalue weighted by Gasteiger charge is -2.35. The van der Waals surface area contributed by atoms with Crippen molar-refractivity contribution in [3.8, 4) is 0 Å². The van der Waals surface area contributed by atoms with E-state index in [4.69, 9.17) is 5.11 Å². The molecular weight excluding hydrogens is 277 g/mol. The fourth-order valence-electron chi connectivity index (χ4n) is 2.02. The minimum absolute atomic E-state index is 0.0184. The molecule has 1 aliphatic rings. The molecule has 1 heterocycles. The zero-order valence-corrected chi connectivity index (χ0v) is 11.5. The quantitative estimate of drug-likeness (QED) is 0.839. The van der Waals surface area contributed by atoms with Gasteiger partial charge in [-0.25, -0.2) is 9.59 Å². The number of aliphatic carboxylic acids is 1. The van der Waals surface area contributed by atoms with Gasteiger partial charge in [0.25, 0.3) is 0 Å². The zero-order valence-electron chi connectivity index (χ0n) is 11.5. The van der Waals surface area contributed by atoms with Crippen LogP contribution in [-0.4, -0.2) is 46.8 Å². The molecule has 2 N–H and O–H groups in total. The van der Waals surface area contributed by atoms with E-state index >= 15 is 0 Å². The number of amides is 2. The van der Waals surface area contributed by atoms with Crippen LogP contribution in [0, 0.1) is 5.92 Å². The van der Waals surface area contributed by atoms with Crippen molar-refractivity contribution in [3.05, 3.63) is 0 Å². The molecule has 2 amide bonds. The van der Waals surface area contributed by atoms with Crippen LogP contribution in [0.2, 0.25) is 0 Å². The first-order valence-corrected chi connectivity index (χ1v) is 6.47. The number of rotatable bonds is 3. The summed E-state index contributed by atoms with van der Waals surface area (Å²) in [6.07, 6.45) is -4.34. The number of hydrogen-bond acceptors (Lipinski definition) is 2. The Hall–Kier alpha value is -1.47. The number of carbonyl (C=O) groups is 2. The SMILES string of the molecule is CCC(C)(NC(=O)N1CCC(C(F)(F)F)CC1)C(=O)O. The highest BCUT2D eigenvalue weighted by atomic mass is 19.4. The summed E-state index contributed by atoms with van der Waals surface area (Å²) in [7, 11) is 0. The normalized spacial score (nSPS) is 20.4. The molecule has 20 heavy (non-hydrogen) atoms. The highest BCUT2D eigenvalue weighted by Gasteiger charge is 2.42. The lowest BCUT2D eigenvalue weighted by Crippen LogP contribution is -2.57. The van der Waals surface area contributed by atoms with Crippen LogP contribution in [0.4, 0.5) is 18.0 Å². The highest BCUT2D eigenvalue weighted by molar-refractivity contribution is 5.85. The third-order valence-electron chi connectivity index (χ3n) is 3.81. The predicted molar refractivity (Wildman–Crippen MR) is 65.2 cm³/mol. The molecule has 0 radical (unpaired) electrons. The number of nitrogens with one attached hydrogen (secondary N) is 1. The lowest BCUT2D eigenvalue weighted by molar-refractivity contribution is -0.183. The van der Waals surface area contributed by atoms with Gasteiger partial charge in [0.05, 0.1) is 5.92 Å². The van der Waals surface area contributed by atoms with E-state index in [1.54, 1.807) is 6.92 Å². The van der Waals surface area contributed by atoms with Gasteiger partial charge in [0.2, 0.25) is 0 Å². The lowest BCUT2D eigenvalue weighted by atomic mass is 9.96. The van der Waals surface area contributed by atoms with Crippen LogP contribution >= 0.6 is 0 Å². The molecule has 1 atom stereocenters. The number of carboxylic acids is 1. The molecule has 0 aliphatic carbocycles. The predicted octanol–water partition coefficient (Wildman–Crippen LogP) is 2.22. The maximum Gasteiger partial charge on any atom is 0.391 e. The monoisotopic (exact) mass is 296 g/mol. The van der Waals surface area contributed by atoms with Crippen LogP contribution in [0.25, 0.3) is 0 Å². The third-order valence-corrected chi connectivity index (χ3v) is 3.81. The van der Waals surface area contributed by atoms with Gasteiger partial charge in [0.15, 0.2) is 0 Å². The molecule has 0 bridgehead atoms. The van der Waals surface area contributed by atoms with Gasteiger partial charge in [0, 0.05) is 13.1 Å². The summed E-state index contributed by atoms with van der Waals surface area (Å²) in [5.74, 6) is -2.55. The molecule has 5 nitrogen and oxygen atoms in total. The van der Waals surface area contributed by atoms with E-state index in [1.165, 1.54) is 11.8 Å². The Bertz CT molecular complexity index is 379.